The normalized spacial score (nSPS) is 11.3. The fourth-order valence-corrected chi connectivity index (χ4v) is 8.78. The zero-order valence-electron chi connectivity index (χ0n) is 32.9. The second-order valence-electron chi connectivity index (χ2n) is 15.2. The van der Waals surface area contributed by atoms with Crippen molar-refractivity contribution in [2.45, 2.75) is 0 Å². The highest BCUT2D eigenvalue weighted by atomic mass is 16.3. The van der Waals surface area contributed by atoms with E-state index < -0.39 is 0 Å². The van der Waals surface area contributed by atoms with E-state index >= 15 is 0 Å². The molecule has 1 aromatic heterocycles. The Morgan fingerprint density at radius 3 is 1.53 bits per heavy atom. The van der Waals surface area contributed by atoms with Crippen molar-refractivity contribution in [3.63, 3.8) is 0 Å². The summed E-state index contributed by atoms with van der Waals surface area (Å²) in [5, 5.41) is 4.70. The second-order valence-corrected chi connectivity index (χ2v) is 15.2. The molecule has 11 rings (SSSR count). The van der Waals surface area contributed by atoms with Crippen LogP contribution in [-0.4, -0.2) is 0 Å². The third-order valence-electron chi connectivity index (χ3n) is 11.7. The predicted octanol–water partition coefficient (Wildman–Crippen LogP) is 16.5. The van der Waals surface area contributed by atoms with Gasteiger partial charge in [-0.15, -0.1) is 0 Å². The van der Waals surface area contributed by atoms with Gasteiger partial charge in [-0.2, -0.15) is 0 Å². The van der Waals surface area contributed by atoms with E-state index in [1.165, 1.54) is 49.7 Å². The van der Waals surface area contributed by atoms with Crippen LogP contribution in [0.1, 0.15) is 0 Å². The molecule has 0 unspecified atom stereocenters. The molecule has 0 aliphatic carbocycles. The van der Waals surface area contributed by atoms with Crippen LogP contribution in [0.2, 0.25) is 0 Å². The zero-order valence-corrected chi connectivity index (χ0v) is 32.9. The summed E-state index contributed by atoms with van der Waals surface area (Å²) in [4.78, 5) is 2.37. The Balaban J connectivity index is 1.04. The van der Waals surface area contributed by atoms with E-state index in [1.54, 1.807) is 0 Å². The van der Waals surface area contributed by atoms with Crippen LogP contribution in [-0.2, 0) is 0 Å². The molecule has 11 aromatic rings. The molecule has 10 aromatic carbocycles. The van der Waals surface area contributed by atoms with Crippen LogP contribution >= 0.6 is 0 Å². The third kappa shape index (κ3) is 6.32. The Labute approximate surface area is 349 Å². The molecule has 0 saturated carbocycles. The lowest BCUT2D eigenvalue weighted by Crippen LogP contribution is -2.11. The summed E-state index contributed by atoms with van der Waals surface area (Å²) in [5.41, 5.74) is 16.6. The number of furan rings is 1. The quantitative estimate of drug-likeness (QED) is 0.153. The zero-order chi connectivity index (χ0) is 39.8. The van der Waals surface area contributed by atoms with Crippen LogP contribution in [0.15, 0.2) is 241 Å². The summed E-state index contributed by atoms with van der Waals surface area (Å²) in [6.45, 7) is 0. The van der Waals surface area contributed by atoms with Crippen LogP contribution in [0.3, 0.4) is 0 Å². The summed E-state index contributed by atoms with van der Waals surface area (Å²) in [6.07, 6.45) is 0. The summed E-state index contributed by atoms with van der Waals surface area (Å²) >= 11 is 0. The van der Waals surface area contributed by atoms with Crippen molar-refractivity contribution in [1.29, 1.82) is 0 Å². The maximum absolute atomic E-state index is 6.73. The largest absolute Gasteiger partial charge is 0.454 e. The van der Waals surface area contributed by atoms with Gasteiger partial charge in [-0.1, -0.05) is 200 Å². The Morgan fingerprint density at radius 2 is 0.783 bits per heavy atom. The number of anilines is 3. The SMILES string of the molecule is c1ccc(-c2ccccc2-c2ccccc2-c2ccccc2N(c2ccc(-c3ccc(-c4ccc5ccccc5c4)cc3)cc2)c2cccc3c2oc2ccccc23)cc1. The van der Waals surface area contributed by atoms with E-state index in [-0.39, 0.29) is 0 Å². The van der Waals surface area contributed by atoms with Gasteiger partial charge in [0, 0.05) is 22.0 Å². The third-order valence-corrected chi connectivity index (χ3v) is 11.7. The van der Waals surface area contributed by atoms with Gasteiger partial charge in [0.05, 0.1) is 11.4 Å². The minimum absolute atomic E-state index is 0.851. The Bertz CT molecular complexity index is 3310. The molecule has 2 nitrogen and oxygen atoms in total. The van der Waals surface area contributed by atoms with Gasteiger partial charge in [0.1, 0.15) is 5.58 Å². The molecule has 0 fully saturated rings. The molecule has 1 heterocycles. The summed E-state index contributed by atoms with van der Waals surface area (Å²) in [7, 11) is 0. The Hall–Kier alpha value is -7.94. The van der Waals surface area contributed by atoms with Crippen LogP contribution in [0.5, 0.6) is 0 Å². The molecule has 0 atom stereocenters. The predicted molar refractivity (Wildman–Crippen MR) is 253 cm³/mol. The first-order valence-corrected chi connectivity index (χ1v) is 20.5. The van der Waals surface area contributed by atoms with Gasteiger partial charge >= 0.3 is 0 Å². The first-order chi connectivity index (χ1) is 29.8. The molecular formula is C58H39NO. The molecule has 0 aliphatic rings. The molecule has 0 radical (unpaired) electrons. The molecule has 0 saturated heterocycles. The number of rotatable bonds is 8. The number of hydrogen-bond acceptors (Lipinski definition) is 2. The van der Waals surface area contributed by atoms with Gasteiger partial charge in [-0.3, -0.25) is 0 Å². The Kier molecular flexibility index (Phi) is 8.87. The van der Waals surface area contributed by atoms with Crippen LogP contribution < -0.4 is 4.90 Å². The van der Waals surface area contributed by atoms with Gasteiger partial charge in [-0.25, -0.2) is 0 Å². The van der Waals surface area contributed by atoms with Gasteiger partial charge in [0.25, 0.3) is 0 Å². The molecule has 0 bridgehead atoms. The molecule has 0 aliphatic heterocycles. The number of para-hydroxylation sites is 3. The number of hydrogen-bond donors (Lipinski definition) is 0. The molecule has 0 spiro atoms. The summed E-state index contributed by atoms with van der Waals surface area (Å²) in [5.74, 6) is 0. The minimum atomic E-state index is 0.851. The van der Waals surface area contributed by atoms with Crippen molar-refractivity contribution >= 4 is 49.8 Å². The fourth-order valence-electron chi connectivity index (χ4n) is 8.78. The molecule has 282 valence electrons. The summed E-state index contributed by atoms with van der Waals surface area (Å²) in [6, 6.07) is 84.8. The molecule has 2 heteroatoms. The van der Waals surface area contributed by atoms with Crippen molar-refractivity contribution in [3.05, 3.63) is 237 Å². The molecule has 0 N–H and O–H groups in total. The average Bonchev–Trinajstić information content (AvgIpc) is 3.72. The second kappa shape index (κ2) is 15.1. The lowest BCUT2D eigenvalue weighted by atomic mass is 9.88. The number of benzene rings is 10. The highest BCUT2D eigenvalue weighted by Crippen LogP contribution is 2.48. The van der Waals surface area contributed by atoms with Gasteiger partial charge in [0.15, 0.2) is 5.58 Å². The first-order valence-electron chi connectivity index (χ1n) is 20.5. The standard InChI is InChI=1S/C58H39NO/c1-2-16-44(17-3-1)48-19-6-7-20-49(48)50-21-8-9-22-51(50)52-23-10-12-26-55(52)59(56-27-14-25-54-53-24-11-13-28-57(53)60-58(54)56)47-37-35-42(36-38-47)41-29-31-43(32-30-41)46-34-33-40-15-4-5-18-45(40)39-46/h1-39H. The van der Waals surface area contributed by atoms with Gasteiger partial charge in [0.2, 0.25) is 0 Å². The molecule has 0 amide bonds. The van der Waals surface area contributed by atoms with Crippen molar-refractivity contribution in [2.24, 2.45) is 0 Å². The van der Waals surface area contributed by atoms with E-state index in [4.69, 9.17) is 4.42 Å². The van der Waals surface area contributed by atoms with E-state index in [0.29, 0.717) is 0 Å². The van der Waals surface area contributed by atoms with Crippen molar-refractivity contribution in [3.8, 4) is 55.6 Å². The van der Waals surface area contributed by atoms with Crippen molar-refractivity contribution < 1.29 is 4.42 Å². The van der Waals surface area contributed by atoms with Crippen LogP contribution in [0.25, 0.3) is 88.3 Å². The molecular weight excluding hydrogens is 727 g/mol. The minimum Gasteiger partial charge on any atom is -0.454 e. The highest BCUT2D eigenvalue weighted by Gasteiger charge is 2.23. The number of nitrogens with zero attached hydrogens (tertiary/aromatic N) is 1. The average molecular weight is 766 g/mol. The van der Waals surface area contributed by atoms with Crippen molar-refractivity contribution in [2.75, 3.05) is 4.90 Å². The van der Waals surface area contributed by atoms with E-state index in [0.717, 1.165) is 55.7 Å². The van der Waals surface area contributed by atoms with E-state index in [1.807, 2.05) is 6.07 Å². The fraction of sp³-hybridized carbons (Fsp3) is 0. The Morgan fingerprint density at radius 1 is 0.283 bits per heavy atom. The monoisotopic (exact) mass is 765 g/mol. The number of fused-ring (bicyclic) bond motifs is 4. The van der Waals surface area contributed by atoms with Crippen LogP contribution in [0.4, 0.5) is 17.1 Å². The smallest absolute Gasteiger partial charge is 0.159 e. The van der Waals surface area contributed by atoms with E-state index in [9.17, 15) is 0 Å². The first kappa shape index (κ1) is 35.2. The van der Waals surface area contributed by atoms with Gasteiger partial charge in [-0.05, 0) is 97.2 Å². The lowest BCUT2D eigenvalue weighted by Gasteiger charge is -2.28. The maximum Gasteiger partial charge on any atom is 0.159 e. The lowest BCUT2D eigenvalue weighted by molar-refractivity contribution is 0.669. The van der Waals surface area contributed by atoms with Crippen molar-refractivity contribution in [1.82, 2.24) is 0 Å². The topological polar surface area (TPSA) is 16.4 Å². The molecule has 60 heavy (non-hydrogen) atoms. The van der Waals surface area contributed by atoms with Crippen LogP contribution in [0, 0.1) is 0 Å². The van der Waals surface area contributed by atoms with Gasteiger partial charge < -0.3 is 9.32 Å². The highest BCUT2D eigenvalue weighted by molar-refractivity contribution is 6.11. The summed E-state index contributed by atoms with van der Waals surface area (Å²) < 4.78 is 6.73. The maximum atomic E-state index is 6.73. The van der Waals surface area contributed by atoms with E-state index in [2.05, 4.69) is 235 Å².